The summed E-state index contributed by atoms with van der Waals surface area (Å²) in [5, 5.41) is 6.00. The van der Waals surface area contributed by atoms with Gasteiger partial charge in [-0.1, -0.05) is 25.1 Å². The van der Waals surface area contributed by atoms with Crippen LogP contribution in [0, 0.1) is 0 Å². The highest BCUT2D eigenvalue weighted by Crippen LogP contribution is 2.14. The fourth-order valence-corrected chi connectivity index (χ4v) is 1.36. The highest BCUT2D eigenvalue weighted by Gasteiger charge is 2.08. The zero-order valence-corrected chi connectivity index (χ0v) is 9.62. The Morgan fingerprint density at radius 3 is 2.88 bits per heavy atom. The summed E-state index contributed by atoms with van der Waals surface area (Å²) in [5.41, 5.74) is 1.56. The van der Waals surface area contributed by atoms with Gasteiger partial charge < -0.3 is 10.6 Å². The zero-order valence-electron chi connectivity index (χ0n) is 9.62. The maximum atomic E-state index is 11.8. The predicted molar refractivity (Wildman–Crippen MR) is 67.8 cm³/mol. The van der Waals surface area contributed by atoms with Crippen LogP contribution in [-0.2, 0) is 0 Å². The van der Waals surface area contributed by atoms with Gasteiger partial charge in [0.15, 0.2) is 0 Å². The molecule has 0 heterocycles. The molecule has 0 bridgehead atoms. The molecule has 1 aromatic rings. The van der Waals surface area contributed by atoms with Gasteiger partial charge in [0.1, 0.15) is 0 Å². The third-order valence-electron chi connectivity index (χ3n) is 2.14. The first-order valence-electron chi connectivity index (χ1n) is 5.51. The number of anilines is 1. The largest absolute Gasteiger partial charge is 0.384 e. The molecule has 0 saturated carbocycles. The third kappa shape index (κ3) is 3.42. The molecule has 16 heavy (non-hydrogen) atoms. The Morgan fingerprint density at radius 2 is 2.19 bits per heavy atom. The lowest BCUT2D eigenvalue weighted by Crippen LogP contribution is -2.24. The zero-order chi connectivity index (χ0) is 11.8. The Hall–Kier alpha value is -1.77. The first-order valence-corrected chi connectivity index (χ1v) is 5.51. The molecule has 0 unspecified atom stereocenters. The van der Waals surface area contributed by atoms with E-state index in [0.29, 0.717) is 12.1 Å². The molecule has 0 aromatic heterocycles. The van der Waals surface area contributed by atoms with Gasteiger partial charge in [0.2, 0.25) is 0 Å². The SMILES string of the molecule is C=CCNC(=O)c1ccccc1NCCC. The van der Waals surface area contributed by atoms with E-state index in [4.69, 9.17) is 0 Å². The molecule has 3 heteroatoms. The molecule has 0 spiro atoms. The second kappa shape index (κ2) is 6.67. The lowest BCUT2D eigenvalue weighted by Gasteiger charge is -2.10. The standard InChI is InChI=1S/C13H18N2O/c1-3-9-14-12-8-6-5-7-11(12)13(16)15-10-4-2/h4-8,14H,2-3,9-10H2,1H3,(H,15,16). The van der Waals surface area contributed by atoms with Gasteiger partial charge in [-0.2, -0.15) is 0 Å². The van der Waals surface area contributed by atoms with Crippen LogP contribution in [-0.4, -0.2) is 19.0 Å². The smallest absolute Gasteiger partial charge is 0.253 e. The van der Waals surface area contributed by atoms with E-state index >= 15 is 0 Å². The minimum Gasteiger partial charge on any atom is -0.384 e. The molecule has 0 fully saturated rings. The van der Waals surface area contributed by atoms with Crippen LogP contribution in [0.15, 0.2) is 36.9 Å². The van der Waals surface area contributed by atoms with Crippen molar-refractivity contribution in [1.29, 1.82) is 0 Å². The van der Waals surface area contributed by atoms with E-state index in [-0.39, 0.29) is 5.91 Å². The Labute approximate surface area is 96.6 Å². The van der Waals surface area contributed by atoms with E-state index in [2.05, 4.69) is 24.1 Å². The van der Waals surface area contributed by atoms with Crippen molar-refractivity contribution in [3.63, 3.8) is 0 Å². The quantitative estimate of drug-likeness (QED) is 0.720. The molecule has 1 rings (SSSR count). The maximum Gasteiger partial charge on any atom is 0.253 e. The van der Waals surface area contributed by atoms with Gasteiger partial charge in [0, 0.05) is 18.8 Å². The van der Waals surface area contributed by atoms with Crippen molar-refractivity contribution in [2.45, 2.75) is 13.3 Å². The van der Waals surface area contributed by atoms with Crippen molar-refractivity contribution in [1.82, 2.24) is 5.32 Å². The number of carbonyl (C=O) groups excluding carboxylic acids is 1. The minimum absolute atomic E-state index is 0.0703. The molecule has 0 aliphatic heterocycles. The molecule has 0 saturated heterocycles. The first kappa shape index (κ1) is 12.3. The summed E-state index contributed by atoms with van der Waals surface area (Å²) in [7, 11) is 0. The Kier molecular flexibility index (Phi) is 5.12. The lowest BCUT2D eigenvalue weighted by molar-refractivity contribution is 0.0959. The van der Waals surface area contributed by atoms with E-state index in [1.54, 1.807) is 6.08 Å². The highest BCUT2D eigenvalue weighted by molar-refractivity contribution is 5.99. The second-order valence-electron chi connectivity index (χ2n) is 3.47. The highest BCUT2D eigenvalue weighted by atomic mass is 16.1. The molecule has 2 N–H and O–H groups in total. The molecular formula is C13H18N2O. The summed E-state index contributed by atoms with van der Waals surface area (Å²) in [5.74, 6) is -0.0703. The average Bonchev–Trinajstić information content (AvgIpc) is 2.33. The van der Waals surface area contributed by atoms with Crippen LogP contribution in [0.1, 0.15) is 23.7 Å². The van der Waals surface area contributed by atoms with Gasteiger partial charge in [-0.15, -0.1) is 6.58 Å². The summed E-state index contributed by atoms with van der Waals surface area (Å²) in [6.07, 6.45) is 2.70. The van der Waals surface area contributed by atoms with Crippen LogP contribution in [0.2, 0.25) is 0 Å². The van der Waals surface area contributed by atoms with Gasteiger partial charge in [-0.05, 0) is 18.6 Å². The van der Waals surface area contributed by atoms with E-state index < -0.39 is 0 Å². The molecule has 0 aliphatic rings. The number of para-hydroxylation sites is 1. The maximum absolute atomic E-state index is 11.8. The number of hydrogen-bond donors (Lipinski definition) is 2. The number of benzene rings is 1. The topological polar surface area (TPSA) is 41.1 Å². The number of nitrogens with one attached hydrogen (secondary N) is 2. The molecule has 0 aliphatic carbocycles. The van der Waals surface area contributed by atoms with Crippen molar-refractivity contribution >= 4 is 11.6 Å². The van der Waals surface area contributed by atoms with Crippen LogP contribution in [0.4, 0.5) is 5.69 Å². The van der Waals surface area contributed by atoms with E-state index in [0.717, 1.165) is 18.7 Å². The summed E-state index contributed by atoms with van der Waals surface area (Å²) in [4.78, 5) is 11.8. The molecule has 0 atom stereocenters. The van der Waals surface area contributed by atoms with Gasteiger partial charge in [0.05, 0.1) is 5.56 Å². The van der Waals surface area contributed by atoms with Crippen LogP contribution in [0.3, 0.4) is 0 Å². The van der Waals surface area contributed by atoms with Crippen LogP contribution in [0.5, 0.6) is 0 Å². The molecular weight excluding hydrogens is 200 g/mol. The fraction of sp³-hybridized carbons (Fsp3) is 0.308. The number of rotatable bonds is 6. The van der Waals surface area contributed by atoms with Crippen LogP contribution < -0.4 is 10.6 Å². The van der Waals surface area contributed by atoms with E-state index in [9.17, 15) is 4.79 Å². The van der Waals surface area contributed by atoms with Crippen molar-refractivity contribution in [2.75, 3.05) is 18.4 Å². The lowest BCUT2D eigenvalue weighted by atomic mass is 10.1. The summed E-state index contributed by atoms with van der Waals surface area (Å²) in [6, 6.07) is 7.51. The summed E-state index contributed by atoms with van der Waals surface area (Å²) >= 11 is 0. The molecule has 86 valence electrons. The number of hydrogen-bond acceptors (Lipinski definition) is 2. The number of carbonyl (C=O) groups is 1. The fourth-order valence-electron chi connectivity index (χ4n) is 1.36. The van der Waals surface area contributed by atoms with Gasteiger partial charge in [-0.3, -0.25) is 4.79 Å². The second-order valence-corrected chi connectivity index (χ2v) is 3.47. The summed E-state index contributed by atoms with van der Waals surface area (Å²) in [6.45, 7) is 7.01. The molecule has 0 radical (unpaired) electrons. The van der Waals surface area contributed by atoms with Crippen LogP contribution >= 0.6 is 0 Å². The van der Waals surface area contributed by atoms with Crippen molar-refractivity contribution in [3.8, 4) is 0 Å². The Balaban J connectivity index is 2.76. The Bertz CT molecular complexity index is 361. The normalized spacial score (nSPS) is 9.56. The van der Waals surface area contributed by atoms with Gasteiger partial charge >= 0.3 is 0 Å². The van der Waals surface area contributed by atoms with Crippen LogP contribution in [0.25, 0.3) is 0 Å². The Morgan fingerprint density at radius 1 is 1.44 bits per heavy atom. The number of amides is 1. The minimum atomic E-state index is -0.0703. The van der Waals surface area contributed by atoms with E-state index in [1.165, 1.54) is 0 Å². The summed E-state index contributed by atoms with van der Waals surface area (Å²) < 4.78 is 0. The average molecular weight is 218 g/mol. The first-order chi connectivity index (χ1) is 7.79. The molecule has 3 nitrogen and oxygen atoms in total. The predicted octanol–water partition coefficient (Wildman–Crippen LogP) is 2.42. The van der Waals surface area contributed by atoms with Crippen molar-refractivity contribution in [3.05, 3.63) is 42.5 Å². The van der Waals surface area contributed by atoms with Gasteiger partial charge in [0.25, 0.3) is 5.91 Å². The monoisotopic (exact) mass is 218 g/mol. The van der Waals surface area contributed by atoms with Crippen molar-refractivity contribution < 1.29 is 4.79 Å². The molecule has 1 amide bonds. The van der Waals surface area contributed by atoms with E-state index in [1.807, 2.05) is 24.3 Å². The van der Waals surface area contributed by atoms with Crippen molar-refractivity contribution in [2.24, 2.45) is 0 Å². The van der Waals surface area contributed by atoms with Gasteiger partial charge in [-0.25, -0.2) is 0 Å². The third-order valence-corrected chi connectivity index (χ3v) is 2.14. The molecule has 1 aromatic carbocycles.